The van der Waals surface area contributed by atoms with E-state index in [9.17, 15) is 23.3 Å². The monoisotopic (exact) mass is 274 g/mol. The number of rotatable bonds is 3. The highest BCUT2D eigenvalue weighted by atomic mass is 19.4. The largest absolute Gasteiger partial charge is 0.401 e. The number of hydrogen-bond donors (Lipinski definition) is 0. The third-order valence-corrected chi connectivity index (χ3v) is 3.27. The number of hydrogen-bond acceptors (Lipinski definition) is 3. The molecule has 2 atom stereocenters. The summed E-state index contributed by atoms with van der Waals surface area (Å²) < 4.78 is 37.1. The third kappa shape index (κ3) is 3.44. The minimum absolute atomic E-state index is 0.0647. The minimum atomic E-state index is -4.33. The van der Waals surface area contributed by atoms with Crippen LogP contribution >= 0.6 is 0 Å². The molecule has 0 radical (unpaired) electrons. The molecule has 1 fully saturated rings. The summed E-state index contributed by atoms with van der Waals surface area (Å²) in [6, 6.07) is 7.70. The van der Waals surface area contributed by atoms with Gasteiger partial charge in [-0.1, -0.05) is 30.3 Å². The van der Waals surface area contributed by atoms with Crippen molar-refractivity contribution < 1.29 is 18.1 Å². The summed E-state index contributed by atoms with van der Waals surface area (Å²) in [5.41, 5.74) is 0.717. The summed E-state index contributed by atoms with van der Waals surface area (Å²) in [5.74, 6) is -0.487. The Morgan fingerprint density at radius 3 is 2.42 bits per heavy atom. The van der Waals surface area contributed by atoms with Crippen LogP contribution in [-0.4, -0.2) is 41.7 Å². The summed E-state index contributed by atoms with van der Waals surface area (Å²) in [6.45, 7) is -1.19. The third-order valence-electron chi connectivity index (χ3n) is 3.27. The molecule has 1 aromatic rings. The first kappa shape index (κ1) is 13.8. The molecule has 0 bridgehead atoms. The number of nitrogens with zero attached hydrogens (tertiary/aromatic N) is 2. The Hall–Kier alpha value is -1.63. The van der Waals surface area contributed by atoms with E-state index >= 15 is 0 Å². The van der Waals surface area contributed by atoms with Crippen molar-refractivity contribution in [3.63, 3.8) is 0 Å². The molecule has 0 aliphatic carbocycles. The molecule has 0 aromatic heterocycles. The van der Waals surface area contributed by atoms with Crippen LogP contribution in [-0.2, 0) is 0 Å². The van der Waals surface area contributed by atoms with Gasteiger partial charge in [0.1, 0.15) is 0 Å². The molecule has 0 amide bonds. The van der Waals surface area contributed by atoms with E-state index < -0.39 is 29.6 Å². The molecule has 1 heterocycles. The van der Waals surface area contributed by atoms with Crippen LogP contribution in [0.5, 0.6) is 0 Å². The maximum absolute atomic E-state index is 12.4. The van der Waals surface area contributed by atoms with Gasteiger partial charge in [-0.15, -0.1) is 0 Å². The summed E-state index contributed by atoms with van der Waals surface area (Å²) in [5, 5.41) is 11.0. The lowest BCUT2D eigenvalue weighted by Gasteiger charge is -2.16. The number of nitro groups is 1. The van der Waals surface area contributed by atoms with E-state index in [0.717, 1.165) is 4.90 Å². The molecule has 4 nitrogen and oxygen atoms in total. The maximum atomic E-state index is 12.4. The second-order valence-electron chi connectivity index (χ2n) is 4.68. The molecule has 1 saturated heterocycles. The quantitative estimate of drug-likeness (QED) is 0.627. The summed E-state index contributed by atoms with van der Waals surface area (Å²) in [7, 11) is 0. The van der Waals surface area contributed by atoms with E-state index in [0.29, 0.717) is 5.56 Å². The molecule has 0 spiro atoms. The van der Waals surface area contributed by atoms with E-state index in [2.05, 4.69) is 0 Å². The molecule has 0 unspecified atom stereocenters. The van der Waals surface area contributed by atoms with E-state index in [-0.39, 0.29) is 13.1 Å². The standard InChI is InChI=1S/C12H13F3N2O2/c13-12(14,15)8-16-6-10(11(7-16)17(18)19)9-4-2-1-3-5-9/h1-5,10-11H,6-8H2/t10-,11+/m1/s1. The molecule has 1 aliphatic heterocycles. The molecule has 7 heteroatoms. The Balaban J connectivity index is 2.16. The molecule has 1 aromatic carbocycles. The van der Waals surface area contributed by atoms with Crippen LogP contribution in [0.4, 0.5) is 13.2 Å². The molecular weight excluding hydrogens is 261 g/mol. The van der Waals surface area contributed by atoms with Gasteiger partial charge < -0.3 is 0 Å². The average molecular weight is 274 g/mol. The zero-order valence-electron chi connectivity index (χ0n) is 10.0. The summed E-state index contributed by atoms with van der Waals surface area (Å²) in [4.78, 5) is 11.6. The first-order chi connectivity index (χ1) is 8.87. The number of likely N-dealkylation sites (tertiary alicyclic amines) is 1. The van der Waals surface area contributed by atoms with Crippen LogP contribution in [0.3, 0.4) is 0 Å². The fraction of sp³-hybridized carbons (Fsp3) is 0.500. The lowest BCUT2D eigenvalue weighted by atomic mass is 9.95. The zero-order chi connectivity index (χ0) is 14.0. The molecular formula is C12H13F3N2O2. The molecule has 0 N–H and O–H groups in total. The topological polar surface area (TPSA) is 46.4 Å². The highest BCUT2D eigenvalue weighted by molar-refractivity contribution is 5.22. The van der Waals surface area contributed by atoms with Crippen LogP contribution in [0.1, 0.15) is 11.5 Å². The second kappa shape index (κ2) is 5.16. The van der Waals surface area contributed by atoms with Crippen molar-refractivity contribution in [3.8, 4) is 0 Å². The average Bonchev–Trinajstić information content (AvgIpc) is 2.72. The molecule has 0 saturated carbocycles. The zero-order valence-corrected chi connectivity index (χ0v) is 10.0. The number of benzene rings is 1. The van der Waals surface area contributed by atoms with Crippen LogP contribution in [0.2, 0.25) is 0 Å². The molecule has 1 aliphatic rings. The van der Waals surface area contributed by atoms with Crippen molar-refractivity contribution in [2.45, 2.75) is 18.1 Å². The Labute approximate surface area is 108 Å². The first-order valence-electron chi connectivity index (χ1n) is 5.84. The van der Waals surface area contributed by atoms with Gasteiger partial charge in [0.05, 0.1) is 19.0 Å². The molecule has 104 valence electrons. The van der Waals surface area contributed by atoms with E-state index in [1.165, 1.54) is 0 Å². The van der Waals surface area contributed by atoms with Gasteiger partial charge >= 0.3 is 6.18 Å². The molecule has 2 rings (SSSR count). The lowest BCUT2D eigenvalue weighted by Crippen LogP contribution is -2.34. The van der Waals surface area contributed by atoms with Gasteiger partial charge in [0, 0.05) is 11.5 Å². The Morgan fingerprint density at radius 1 is 1.26 bits per heavy atom. The van der Waals surface area contributed by atoms with Crippen LogP contribution in [0.15, 0.2) is 30.3 Å². The number of halogens is 3. The highest BCUT2D eigenvalue weighted by Gasteiger charge is 2.45. The van der Waals surface area contributed by atoms with Crippen LogP contribution in [0.25, 0.3) is 0 Å². The van der Waals surface area contributed by atoms with Gasteiger partial charge in [-0.05, 0) is 5.56 Å². The Bertz CT molecular complexity index is 450. The van der Waals surface area contributed by atoms with Crippen molar-refractivity contribution in [2.75, 3.05) is 19.6 Å². The Kier molecular flexibility index (Phi) is 3.75. The van der Waals surface area contributed by atoms with Gasteiger partial charge in [-0.3, -0.25) is 15.0 Å². The SMILES string of the molecule is O=[N+]([O-])[C@H]1CN(CC(F)(F)F)C[C@@H]1c1ccccc1. The van der Waals surface area contributed by atoms with Gasteiger partial charge in [-0.2, -0.15) is 13.2 Å². The predicted octanol–water partition coefficient (Wildman–Crippen LogP) is 2.29. The minimum Gasteiger partial charge on any atom is -0.287 e. The predicted molar refractivity (Wildman–Crippen MR) is 62.5 cm³/mol. The van der Waals surface area contributed by atoms with Crippen molar-refractivity contribution in [2.24, 2.45) is 0 Å². The number of alkyl halides is 3. The van der Waals surface area contributed by atoms with Gasteiger partial charge in [-0.25, -0.2) is 0 Å². The van der Waals surface area contributed by atoms with Crippen LogP contribution < -0.4 is 0 Å². The van der Waals surface area contributed by atoms with Crippen molar-refractivity contribution in [1.29, 1.82) is 0 Å². The van der Waals surface area contributed by atoms with E-state index in [1.54, 1.807) is 30.3 Å². The second-order valence-corrected chi connectivity index (χ2v) is 4.68. The van der Waals surface area contributed by atoms with Crippen LogP contribution in [0, 0.1) is 10.1 Å². The first-order valence-corrected chi connectivity index (χ1v) is 5.84. The molecule has 19 heavy (non-hydrogen) atoms. The summed E-state index contributed by atoms with van der Waals surface area (Å²) >= 11 is 0. The van der Waals surface area contributed by atoms with Gasteiger partial charge in [0.2, 0.25) is 6.04 Å². The smallest absolute Gasteiger partial charge is 0.287 e. The lowest BCUT2D eigenvalue weighted by molar-refractivity contribution is -0.521. The van der Waals surface area contributed by atoms with Gasteiger partial charge in [0.15, 0.2) is 0 Å². The summed E-state index contributed by atoms with van der Waals surface area (Å²) in [6.07, 6.45) is -4.33. The highest BCUT2D eigenvalue weighted by Crippen LogP contribution is 2.31. The van der Waals surface area contributed by atoms with Gasteiger partial charge in [0.25, 0.3) is 0 Å². The van der Waals surface area contributed by atoms with E-state index in [1.807, 2.05) is 0 Å². The normalized spacial score (nSPS) is 24.6. The fourth-order valence-corrected chi connectivity index (χ4v) is 2.49. The maximum Gasteiger partial charge on any atom is 0.401 e. The fourth-order valence-electron chi connectivity index (χ4n) is 2.49. The van der Waals surface area contributed by atoms with Crippen molar-refractivity contribution in [3.05, 3.63) is 46.0 Å². The Morgan fingerprint density at radius 2 is 1.89 bits per heavy atom. The van der Waals surface area contributed by atoms with Crippen molar-refractivity contribution >= 4 is 0 Å². The van der Waals surface area contributed by atoms with E-state index in [4.69, 9.17) is 0 Å². The van der Waals surface area contributed by atoms with Crippen molar-refractivity contribution in [1.82, 2.24) is 4.90 Å².